The number of halogens is 2. The van der Waals surface area contributed by atoms with Crippen molar-refractivity contribution < 1.29 is 13.2 Å². The Hall–Kier alpha value is -0.700. The summed E-state index contributed by atoms with van der Waals surface area (Å²) in [6.45, 7) is 1.95. The van der Waals surface area contributed by atoms with Crippen molar-refractivity contribution in [2.45, 2.75) is 17.6 Å². The van der Waals surface area contributed by atoms with Gasteiger partial charge in [0, 0.05) is 10.9 Å². The van der Waals surface area contributed by atoms with Gasteiger partial charge in [-0.3, -0.25) is 4.79 Å². The molecule has 1 heterocycles. The summed E-state index contributed by atoms with van der Waals surface area (Å²) in [5.74, 6) is -0.543. The number of hydrogen-bond acceptors (Lipinski definition) is 4. The highest BCUT2D eigenvalue weighted by atomic mass is 79.9. The highest BCUT2D eigenvalue weighted by Gasteiger charge is 2.18. The Morgan fingerprint density at radius 3 is 2.55 bits per heavy atom. The first-order chi connectivity index (χ1) is 10.3. The van der Waals surface area contributed by atoms with Crippen LogP contribution < -0.4 is 5.32 Å². The van der Waals surface area contributed by atoms with Crippen LogP contribution in [0.15, 0.2) is 42.8 Å². The fourth-order valence-corrected chi connectivity index (χ4v) is 5.72. The number of anilines is 1. The zero-order chi connectivity index (χ0) is 16.3. The van der Waals surface area contributed by atoms with Gasteiger partial charge in [0.05, 0.1) is 15.2 Å². The number of aryl methyl sites for hydroxylation is 1. The Morgan fingerprint density at radius 1 is 1.23 bits per heavy atom. The number of nitrogens with one attached hydrogen (secondary N) is 1. The minimum Gasteiger partial charge on any atom is -0.325 e. The van der Waals surface area contributed by atoms with Crippen molar-refractivity contribution >= 4 is 64.6 Å². The maximum absolute atomic E-state index is 12.1. The van der Waals surface area contributed by atoms with Crippen LogP contribution in [-0.2, 0) is 14.6 Å². The van der Waals surface area contributed by atoms with E-state index in [0.29, 0.717) is 5.69 Å². The maximum atomic E-state index is 12.1. The van der Waals surface area contributed by atoms with Crippen molar-refractivity contribution in [3.8, 4) is 0 Å². The average Bonchev–Trinajstić information content (AvgIpc) is 2.87. The largest absolute Gasteiger partial charge is 0.325 e. The van der Waals surface area contributed by atoms with Crippen LogP contribution in [-0.4, -0.2) is 20.1 Å². The molecule has 0 aliphatic carbocycles. The quantitative estimate of drug-likeness (QED) is 0.710. The Balaban J connectivity index is 1.98. The smallest absolute Gasteiger partial charge is 0.225 e. The van der Waals surface area contributed by atoms with E-state index in [1.54, 1.807) is 18.2 Å². The summed E-state index contributed by atoms with van der Waals surface area (Å²) in [6.07, 6.45) is -0.0851. The lowest BCUT2D eigenvalue weighted by atomic mass is 10.2. The van der Waals surface area contributed by atoms with E-state index in [4.69, 9.17) is 0 Å². The van der Waals surface area contributed by atoms with Crippen molar-refractivity contribution in [1.82, 2.24) is 0 Å². The van der Waals surface area contributed by atoms with E-state index in [0.717, 1.165) is 25.2 Å². The van der Waals surface area contributed by atoms with Crippen LogP contribution in [0.4, 0.5) is 5.69 Å². The molecule has 0 saturated heterocycles. The second kappa shape index (κ2) is 7.25. The average molecular weight is 467 g/mol. The van der Waals surface area contributed by atoms with Crippen LogP contribution in [0, 0.1) is 6.92 Å². The third-order valence-electron chi connectivity index (χ3n) is 2.85. The SMILES string of the molecule is Cc1ccc(NC(=O)CCS(=O)(=O)c2ccc(Br)s2)c(Br)c1. The van der Waals surface area contributed by atoms with Crippen molar-refractivity contribution in [2.24, 2.45) is 0 Å². The van der Waals surface area contributed by atoms with E-state index in [2.05, 4.69) is 37.2 Å². The Kier molecular flexibility index (Phi) is 5.81. The molecule has 0 aliphatic rings. The molecule has 0 fully saturated rings. The van der Waals surface area contributed by atoms with E-state index in [-0.39, 0.29) is 22.3 Å². The van der Waals surface area contributed by atoms with Gasteiger partial charge < -0.3 is 5.32 Å². The molecule has 1 amide bonds. The lowest BCUT2D eigenvalue weighted by molar-refractivity contribution is -0.115. The number of amides is 1. The predicted octanol–water partition coefficient (Wildman–Crippen LogP) is 4.38. The highest BCUT2D eigenvalue weighted by Crippen LogP contribution is 2.27. The summed E-state index contributed by atoms with van der Waals surface area (Å²) in [6, 6.07) is 8.76. The van der Waals surface area contributed by atoms with Gasteiger partial charge in [-0.2, -0.15) is 0 Å². The van der Waals surface area contributed by atoms with E-state index < -0.39 is 9.84 Å². The second-order valence-corrected chi connectivity index (χ2v) is 10.3. The Bertz CT molecular complexity index is 800. The minimum atomic E-state index is -3.43. The molecule has 2 aromatic rings. The number of rotatable bonds is 5. The second-order valence-electron chi connectivity index (χ2n) is 4.66. The Labute approximate surface area is 150 Å². The molecule has 4 nitrogen and oxygen atoms in total. The first kappa shape index (κ1) is 17.7. The lowest BCUT2D eigenvalue weighted by Gasteiger charge is -2.08. The van der Waals surface area contributed by atoms with Gasteiger partial charge in [-0.1, -0.05) is 6.07 Å². The molecule has 22 heavy (non-hydrogen) atoms. The van der Waals surface area contributed by atoms with Crippen molar-refractivity contribution in [1.29, 1.82) is 0 Å². The molecule has 118 valence electrons. The third-order valence-corrected chi connectivity index (χ3v) is 7.43. The summed E-state index contributed by atoms with van der Waals surface area (Å²) >= 11 is 7.75. The van der Waals surface area contributed by atoms with Gasteiger partial charge in [0.15, 0.2) is 9.84 Å². The third kappa shape index (κ3) is 4.65. The summed E-state index contributed by atoms with van der Waals surface area (Å²) in [7, 11) is -3.43. The van der Waals surface area contributed by atoms with Crippen molar-refractivity contribution in [3.63, 3.8) is 0 Å². The number of benzene rings is 1. The number of carbonyl (C=O) groups excluding carboxylic acids is 1. The molecule has 8 heteroatoms. The van der Waals surface area contributed by atoms with E-state index >= 15 is 0 Å². The maximum Gasteiger partial charge on any atom is 0.225 e. The van der Waals surface area contributed by atoms with Crippen LogP contribution in [0.3, 0.4) is 0 Å². The van der Waals surface area contributed by atoms with Crippen molar-refractivity contribution in [3.05, 3.63) is 44.2 Å². The number of carbonyl (C=O) groups is 1. The Morgan fingerprint density at radius 2 is 1.95 bits per heavy atom. The molecule has 0 atom stereocenters. The fraction of sp³-hybridized carbons (Fsp3) is 0.214. The predicted molar refractivity (Wildman–Crippen MR) is 96.2 cm³/mol. The molecule has 0 radical (unpaired) electrons. The highest BCUT2D eigenvalue weighted by molar-refractivity contribution is 9.11. The van der Waals surface area contributed by atoms with Crippen LogP contribution in [0.5, 0.6) is 0 Å². The lowest BCUT2D eigenvalue weighted by Crippen LogP contribution is -2.17. The molecule has 0 unspecified atom stereocenters. The number of thiophene rings is 1. The van der Waals surface area contributed by atoms with Gasteiger partial charge in [-0.15, -0.1) is 11.3 Å². The van der Waals surface area contributed by atoms with Gasteiger partial charge >= 0.3 is 0 Å². The first-order valence-electron chi connectivity index (χ1n) is 6.32. The summed E-state index contributed by atoms with van der Waals surface area (Å²) < 4.78 is 26.0. The normalized spacial score (nSPS) is 11.4. The fourth-order valence-electron chi connectivity index (χ4n) is 1.73. The molecular weight excluding hydrogens is 454 g/mol. The monoisotopic (exact) mass is 465 g/mol. The molecule has 0 bridgehead atoms. The zero-order valence-corrected chi connectivity index (χ0v) is 16.4. The standard InChI is InChI=1S/C14H13Br2NO3S2/c1-9-2-3-11(10(15)8-9)17-13(18)6-7-22(19,20)14-5-4-12(16)21-14/h2-5,8H,6-7H2,1H3,(H,17,18). The molecule has 0 aliphatic heterocycles. The van der Waals surface area contributed by atoms with Crippen LogP contribution in [0.2, 0.25) is 0 Å². The number of hydrogen-bond donors (Lipinski definition) is 1. The van der Waals surface area contributed by atoms with Gasteiger partial charge in [-0.25, -0.2) is 8.42 Å². The first-order valence-corrected chi connectivity index (χ1v) is 10.4. The summed E-state index contributed by atoms with van der Waals surface area (Å²) in [4.78, 5) is 11.9. The van der Waals surface area contributed by atoms with Crippen LogP contribution in [0.25, 0.3) is 0 Å². The molecule has 0 saturated carbocycles. The van der Waals surface area contributed by atoms with Crippen molar-refractivity contribution in [2.75, 3.05) is 11.1 Å². The molecule has 1 aromatic carbocycles. The van der Waals surface area contributed by atoms with Gasteiger partial charge in [0.1, 0.15) is 4.21 Å². The topological polar surface area (TPSA) is 63.2 Å². The molecule has 2 rings (SSSR count). The number of sulfone groups is 1. The van der Waals surface area contributed by atoms with Crippen LogP contribution >= 0.6 is 43.2 Å². The zero-order valence-electron chi connectivity index (χ0n) is 11.6. The molecule has 1 N–H and O–H groups in total. The summed E-state index contributed by atoms with van der Waals surface area (Å²) in [5, 5.41) is 2.71. The molecule has 1 aromatic heterocycles. The van der Waals surface area contributed by atoms with E-state index in [1.165, 1.54) is 0 Å². The van der Waals surface area contributed by atoms with Crippen LogP contribution in [0.1, 0.15) is 12.0 Å². The van der Waals surface area contributed by atoms with E-state index in [1.807, 2.05) is 19.1 Å². The molecule has 0 spiro atoms. The van der Waals surface area contributed by atoms with Gasteiger partial charge in [0.25, 0.3) is 0 Å². The van der Waals surface area contributed by atoms with Gasteiger partial charge in [-0.05, 0) is 68.6 Å². The molecular formula is C14H13Br2NO3S2. The summed E-state index contributed by atoms with van der Waals surface area (Å²) in [5.41, 5.74) is 1.70. The van der Waals surface area contributed by atoms with Gasteiger partial charge in [0.2, 0.25) is 5.91 Å². The van der Waals surface area contributed by atoms with E-state index in [9.17, 15) is 13.2 Å². The minimum absolute atomic E-state index is 0.0851.